The summed E-state index contributed by atoms with van der Waals surface area (Å²) < 4.78 is 0. The number of aromatic amines is 1. The second-order valence-electron chi connectivity index (χ2n) is 5.38. The fraction of sp³-hybridized carbons (Fsp3) is 0.176. The van der Waals surface area contributed by atoms with Crippen molar-refractivity contribution in [1.82, 2.24) is 4.98 Å². The molecule has 0 spiro atoms. The molecule has 1 heteroatoms. The minimum absolute atomic E-state index is 0.129. The Bertz CT molecular complexity index is 666. The fourth-order valence-electron chi connectivity index (χ4n) is 2.33. The van der Waals surface area contributed by atoms with Crippen LogP contribution in [0.4, 0.5) is 0 Å². The van der Waals surface area contributed by atoms with E-state index in [1.165, 1.54) is 22.0 Å². The Labute approximate surface area is 108 Å². The second-order valence-corrected chi connectivity index (χ2v) is 5.38. The summed E-state index contributed by atoms with van der Waals surface area (Å²) in [6, 6.07) is 8.53. The monoisotopic (exact) mass is 235 g/mol. The lowest BCUT2D eigenvalue weighted by molar-refractivity contribution is 0.627. The van der Waals surface area contributed by atoms with Crippen molar-refractivity contribution < 1.29 is 0 Å². The Hall–Kier alpha value is -2.02. The van der Waals surface area contributed by atoms with Gasteiger partial charge in [0.2, 0.25) is 0 Å². The summed E-state index contributed by atoms with van der Waals surface area (Å²) in [5, 5.41) is 1.28. The van der Waals surface area contributed by atoms with Gasteiger partial charge in [0.15, 0.2) is 0 Å². The molecule has 3 rings (SSSR count). The molecule has 0 amide bonds. The molecular formula is C17H17N. The first kappa shape index (κ1) is 11.1. The van der Waals surface area contributed by atoms with E-state index in [0.29, 0.717) is 0 Å². The van der Waals surface area contributed by atoms with E-state index in [9.17, 15) is 0 Å². The van der Waals surface area contributed by atoms with Gasteiger partial charge >= 0.3 is 0 Å². The molecule has 90 valence electrons. The van der Waals surface area contributed by atoms with E-state index in [1.807, 2.05) is 6.20 Å². The quantitative estimate of drug-likeness (QED) is 0.737. The highest BCUT2D eigenvalue weighted by Gasteiger charge is 2.12. The Morgan fingerprint density at radius 3 is 2.83 bits per heavy atom. The molecule has 1 aromatic heterocycles. The van der Waals surface area contributed by atoms with Crippen LogP contribution in [-0.2, 0) is 0 Å². The van der Waals surface area contributed by atoms with Gasteiger partial charge in [-0.1, -0.05) is 56.4 Å². The minimum Gasteiger partial charge on any atom is -0.361 e. The Kier molecular flexibility index (Phi) is 2.48. The van der Waals surface area contributed by atoms with Crippen molar-refractivity contribution in [3.63, 3.8) is 0 Å². The molecule has 0 atom stereocenters. The van der Waals surface area contributed by atoms with Crippen molar-refractivity contribution >= 4 is 16.5 Å². The van der Waals surface area contributed by atoms with Crippen LogP contribution in [0.5, 0.6) is 0 Å². The van der Waals surface area contributed by atoms with Crippen LogP contribution in [0.2, 0.25) is 0 Å². The summed E-state index contributed by atoms with van der Waals surface area (Å²) in [5.74, 6) is 0. The summed E-state index contributed by atoms with van der Waals surface area (Å²) >= 11 is 0. The third kappa shape index (κ3) is 1.92. The number of aromatic nitrogens is 1. The maximum atomic E-state index is 3.26. The highest BCUT2D eigenvalue weighted by Crippen LogP contribution is 2.30. The lowest BCUT2D eigenvalue weighted by Crippen LogP contribution is -2.00. The number of benzene rings is 1. The first-order valence-electron chi connectivity index (χ1n) is 6.31. The van der Waals surface area contributed by atoms with E-state index in [1.54, 1.807) is 0 Å². The van der Waals surface area contributed by atoms with Crippen LogP contribution in [0.15, 0.2) is 60.8 Å². The molecule has 0 radical (unpaired) electrons. The smallest absolute Gasteiger partial charge is 0.0460 e. The number of hydrogen-bond acceptors (Lipinski definition) is 0. The van der Waals surface area contributed by atoms with Crippen molar-refractivity contribution in [3.05, 3.63) is 66.4 Å². The van der Waals surface area contributed by atoms with Crippen LogP contribution >= 0.6 is 0 Å². The number of rotatable bonds is 1. The topological polar surface area (TPSA) is 15.8 Å². The van der Waals surface area contributed by atoms with Gasteiger partial charge in [-0.3, -0.25) is 0 Å². The molecule has 0 unspecified atom stereocenters. The maximum Gasteiger partial charge on any atom is 0.0460 e. The fourth-order valence-corrected chi connectivity index (χ4v) is 2.33. The average Bonchev–Trinajstić information content (AvgIpc) is 2.74. The summed E-state index contributed by atoms with van der Waals surface area (Å²) in [6.07, 6.45) is 13.0. The van der Waals surface area contributed by atoms with Gasteiger partial charge in [-0.05, 0) is 23.3 Å². The molecule has 1 N–H and O–H groups in total. The van der Waals surface area contributed by atoms with Gasteiger partial charge < -0.3 is 4.98 Å². The van der Waals surface area contributed by atoms with Gasteiger partial charge in [0, 0.05) is 22.5 Å². The van der Waals surface area contributed by atoms with Gasteiger partial charge in [-0.2, -0.15) is 0 Å². The van der Waals surface area contributed by atoms with E-state index < -0.39 is 0 Å². The van der Waals surface area contributed by atoms with Crippen LogP contribution in [0.25, 0.3) is 16.5 Å². The zero-order valence-corrected chi connectivity index (χ0v) is 10.8. The van der Waals surface area contributed by atoms with Gasteiger partial charge in [0.05, 0.1) is 0 Å². The molecule has 1 heterocycles. The average molecular weight is 235 g/mol. The zero-order chi connectivity index (χ0) is 12.6. The standard InChI is InChI=1S/C17H17N/c1-17(2)10-4-5-13(8-11-17)14-6-3-7-16-15(14)9-12-18-16/h3-12,18H,1-2H3. The first-order chi connectivity index (χ1) is 8.66. The molecule has 1 aliphatic rings. The van der Waals surface area contributed by atoms with Gasteiger partial charge in [-0.15, -0.1) is 0 Å². The van der Waals surface area contributed by atoms with Crippen LogP contribution in [0.1, 0.15) is 19.4 Å². The van der Waals surface area contributed by atoms with Crippen molar-refractivity contribution in [3.8, 4) is 0 Å². The Morgan fingerprint density at radius 1 is 1.06 bits per heavy atom. The van der Waals surface area contributed by atoms with Crippen molar-refractivity contribution in [2.45, 2.75) is 13.8 Å². The van der Waals surface area contributed by atoms with Gasteiger partial charge in [-0.25, -0.2) is 0 Å². The Balaban J connectivity index is 2.14. The number of nitrogens with one attached hydrogen (secondary N) is 1. The second kappa shape index (κ2) is 4.02. The van der Waals surface area contributed by atoms with Crippen molar-refractivity contribution in [2.75, 3.05) is 0 Å². The molecule has 1 aromatic carbocycles. The third-order valence-corrected chi connectivity index (χ3v) is 3.40. The van der Waals surface area contributed by atoms with Crippen LogP contribution in [-0.4, -0.2) is 4.98 Å². The molecule has 0 aliphatic heterocycles. The maximum absolute atomic E-state index is 3.26. The van der Waals surface area contributed by atoms with E-state index >= 15 is 0 Å². The summed E-state index contributed by atoms with van der Waals surface area (Å²) in [4.78, 5) is 3.26. The molecule has 18 heavy (non-hydrogen) atoms. The summed E-state index contributed by atoms with van der Waals surface area (Å²) in [5.41, 5.74) is 3.87. The molecule has 1 aliphatic carbocycles. The van der Waals surface area contributed by atoms with Crippen LogP contribution in [0.3, 0.4) is 0 Å². The van der Waals surface area contributed by atoms with Crippen LogP contribution in [0, 0.1) is 5.41 Å². The minimum atomic E-state index is 0.129. The third-order valence-electron chi connectivity index (χ3n) is 3.40. The molecular weight excluding hydrogens is 218 g/mol. The van der Waals surface area contributed by atoms with E-state index in [0.717, 1.165) is 0 Å². The van der Waals surface area contributed by atoms with Crippen molar-refractivity contribution in [1.29, 1.82) is 0 Å². The van der Waals surface area contributed by atoms with E-state index in [2.05, 4.69) is 73.5 Å². The molecule has 1 nitrogen and oxygen atoms in total. The summed E-state index contributed by atoms with van der Waals surface area (Å²) in [7, 11) is 0. The normalized spacial score (nSPS) is 17.8. The number of H-pyrrole nitrogens is 1. The highest BCUT2D eigenvalue weighted by molar-refractivity contribution is 5.95. The molecule has 0 fully saturated rings. The first-order valence-corrected chi connectivity index (χ1v) is 6.31. The van der Waals surface area contributed by atoms with Crippen LogP contribution < -0.4 is 0 Å². The Morgan fingerprint density at radius 2 is 1.94 bits per heavy atom. The number of hydrogen-bond donors (Lipinski definition) is 1. The molecule has 2 aromatic rings. The van der Waals surface area contributed by atoms with Gasteiger partial charge in [0.1, 0.15) is 0 Å². The lowest BCUT2D eigenvalue weighted by atomic mass is 9.92. The van der Waals surface area contributed by atoms with E-state index in [-0.39, 0.29) is 5.41 Å². The predicted octanol–water partition coefficient (Wildman–Crippen LogP) is 4.70. The van der Waals surface area contributed by atoms with Gasteiger partial charge in [0.25, 0.3) is 0 Å². The van der Waals surface area contributed by atoms with Crippen molar-refractivity contribution in [2.24, 2.45) is 5.41 Å². The molecule has 0 saturated carbocycles. The lowest BCUT2D eigenvalue weighted by Gasteiger charge is -2.12. The summed E-state index contributed by atoms with van der Waals surface area (Å²) in [6.45, 7) is 4.43. The largest absolute Gasteiger partial charge is 0.361 e. The number of allylic oxidation sites excluding steroid dienone is 6. The molecule has 0 saturated heterocycles. The highest BCUT2D eigenvalue weighted by atomic mass is 14.7. The number of fused-ring (bicyclic) bond motifs is 1. The SMILES string of the molecule is CC1(C)C=CC=C(c2cccc3[nH]ccc23)C=C1. The zero-order valence-electron chi connectivity index (χ0n) is 10.8. The van der Waals surface area contributed by atoms with E-state index in [4.69, 9.17) is 0 Å². The molecule has 0 bridgehead atoms. The predicted molar refractivity (Wildman–Crippen MR) is 78.3 cm³/mol.